The molecule has 0 saturated heterocycles. The fourth-order valence-electron chi connectivity index (χ4n) is 2.35. The molecule has 1 aromatic carbocycles. The number of fused-ring (bicyclic) bond motifs is 1. The molecule has 2 aromatic rings. The topological polar surface area (TPSA) is 48.1 Å². The molecule has 2 unspecified atom stereocenters. The first-order chi connectivity index (χ1) is 9.28. The first-order valence-corrected chi connectivity index (χ1v) is 7.15. The number of nitrogens with zero attached hydrogens (tertiary/aromatic N) is 1. The summed E-state index contributed by atoms with van der Waals surface area (Å²) in [5.41, 5.74) is 8.81. The van der Waals surface area contributed by atoms with Crippen molar-refractivity contribution < 1.29 is 4.74 Å². The Morgan fingerprint density at radius 2 is 2.21 bits per heavy atom. The molecule has 19 heavy (non-hydrogen) atoms. The van der Waals surface area contributed by atoms with E-state index < -0.39 is 0 Å². The molecule has 0 aliphatic carbocycles. The summed E-state index contributed by atoms with van der Waals surface area (Å²) >= 11 is 1.86. The number of aromatic nitrogens is 1. The van der Waals surface area contributed by atoms with E-state index in [4.69, 9.17) is 10.5 Å². The van der Waals surface area contributed by atoms with Crippen LogP contribution in [0.15, 0.2) is 47.6 Å². The van der Waals surface area contributed by atoms with Crippen LogP contribution in [0.5, 0.6) is 5.75 Å². The highest BCUT2D eigenvalue weighted by Crippen LogP contribution is 2.41. The summed E-state index contributed by atoms with van der Waals surface area (Å²) in [4.78, 5) is 5.53. The maximum Gasteiger partial charge on any atom is 0.137 e. The Balaban J connectivity index is 1.80. The van der Waals surface area contributed by atoms with Gasteiger partial charge >= 0.3 is 0 Å². The van der Waals surface area contributed by atoms with E-state index in [0.717, 1.165) is 17.7 Å². The second-order valence-electron chi connectivity index (χ2n) is 4.65. The van der Waals surface area contributed by atoms with Crippen LogP contribution in [0.3, 0.4) is 0 Å². The fraction of sp³-hybridized carbons (Fsp3) is 0.267. The van der Waals surface area contributed by atoms with Crippen molar-refractivity contribution in [3.63, 3.8) is 0 Å². The van der Waals surface area contributed by atoms with Crippen LogP contribution in [0.25, 0.3) is 0 Å². The number of hydrogen-bond acceptors (Lipinski definition) is 4. The number of methoxy groups -OCH3 is 1. The number of ether oxygens (including phenoxy) is 1. The van der Waals surface area contributed by atoms with Crippen molar-refractivity contribution in [3.05, 3.63) is 53.9 Å². The monoisotopic (exact) mass is 272 g/mol. The van der Waals surface area contributed by atoms with Crippen LogP contribution < -0.4 is 10.5 Å². The van der Waals surface area contributed by atoms with E-state index in [9.17, 15) is 0 Å². The van der Waals surface area contributed by atoms with Gasteiger partial charge in [0.05, 0.1) is 13.3 Å². The molecule has 0 saturated carbocycles. The second-order valence-corrected chi connectivity index (χ2v) is 5.93. The van der Waals surface area contributed by atoms with Gasteiger partial charge in [-0.15, -0.1) is 11.8 Å². The molecule has 0 radical (unpaired) electrons. The van der Waals surface area contributed by atoms with Crippen molar-refractivity contribution in [1.82, 2.24) is 4.98 Å². The van der Waals surface area contributed by atoms with Gasteiger partial charge in [0, 0.05) is 22.4 Å². The molecule has 98 valence electrons. The largest absolute Gasteiger partial charge is 0.495 e. The van der Waals surface area contributed by atoms with E-state index in [0.29, 0.717) is 5.25 Å². The average molecular weight is 272 g/mol. The summed E-state index contributed by atoms with van der Waals surface area (Å²) < 4.78 is 5.20. The molecule has 1 aromatic heterocycles. The van der Waals surface area contributed by atoms with Crippen molar-refractivity contribution in [1.29, 1.82) is 0 Å². The molecule has 3 nitrogen and oxygen atoms in total. The zero-order valence-corrected chi connectivity index (χ0v) is 11.6. The Hall–Kier alpha value is -1.52. The van der Waals surface area contributed by atoms with E-state index in [1.807, 2.05) is 24.0 Å². The normalized spacial score (nSPS) is 18.9. The molecule has 4 heteroatoms. The molecule has 2 atom stereocenters. The number of hydrogen-bond donors (Lipinski definition) is 1. The van der Waals surface area contributed by atoms with E-state index in [1.165, 1.54) is 10.5 Å². The summed E-state index contributed by atoms with van der Waals surface area (Å²) in [6.45, 7) is 0. The van der Waals surface area contributed by atoms with Crippen LogP contribution >= 0.6 is 11.8 Å². The van der Waals surface area contributed by atoms with E-state index in [1.54, 1.807) is 13.3 Å². The highest BCUT2D eigenvalue weighted by Gasteiger charge is 2.28. The van der Waals surface area contributed by atoms with Gasteiger partial charge in [-0.2, -0.15) is 0 Å². The zero-order chi connectivity index (χ0) is 13.2. The molecule has 0 amide bonds. The summed E-state index contributed by atoms with van der Waals surface area (Å²) in [5, 5.41) is 0.367. The third kappa shape index (κ3) is 2.46. The summed E-state index contributed by atoms with van der Waals surface area (Å²) in [6.07, 6.45) is 4.54. The lowest BCUT2D eigenvalue weighted by molar-refractivity contribution is 0.411. The van der Waals surface area contributed by atoms with Gasteiger partial charge in [0.25, 0.3) is 0 Å². The van der Waals surface area contributed by atoms with Gasteiger partial charge in [-0.3, -0.25) is 4.98 Å². The zero-order valence-electron chi connectivity index (χ0n) is 10.7. The van der Waals surface area contributed by atoms with Gasteiger partial charge in [0.1, 0.15) is 5.75 Å². The summed E-state index contributed by atoms with van der Waals surface area (Å²) in [6, 6.07) is 10.4. The van der Waals surface area contributed by atoms with Crippen molar-refractivity contribution in [2.24, 2.45) is 5.73 Å². The van der Waals surface area contributed by atoms with Crippen molar-refractivity contribution >= 4 is 11.8 Å². The lowest BCUT2D eigenvalue weighted by Gasteiger charge is -2.18. The maximum absolute atomic E-state index is 6.39. The minimum absolute atomic E-state index is 0.0278. The third-order valence-corrected chi connectivity index (χ3v) is 4.84. The quantitative estimate of drug-likeness (QED) is 0.933. The third-order valence-electron chi connectivity index (χ3n) is 3.43. The Bertz CT molecular complexity index is 563. The van der Waals surface area contributed by atoms with Crippen LogP contribution in [0.1, 0.15) is 17.2 Å². The Labute approximate surface area is 117 Å². The Morgan fingerprint density at radius 1 is 1.37 bits per heavy atom. The number of rotatable bonds is 3. The van der Waals surface area contributed by atoms with E-state index in [-0.39, 0.29) is 6.04 Å². The molecule has 2 N–H and O–H groups in total. The number of pyridine rings is 1. The van der Waals surface area contributed by atoms with Crippen molar-refractivity contribution in [2.45, 2.75) is 22.6 Å². The van der Waals surface area contributed by atoms with Gasteiger partial charge in [0.2, 0.25) is 0 Å². The number of benzene rings is 1. The van der Waals surface area contributed by atoms with Crippen LogP contribution in [-0.4, -0.2) is 17.3 Å². The number of nitrogens with two attached hydrogens (primary N) is 1. The van der Waals surface area contributed by atoms with Crippen molar-refractivity contribution in [3.8, 4) is 5.75 Å². The van der Waals surface area contributed by atoms with Crippen LogP contribution in [0.4, 0.5) is 0 Å². The molecule has 1 aliphatic heterocycles. The van der Waals surface area contributed by atoms with Gasteiger partial charge in [0.15, 0.2) is 0 Å². The van der Waals surface area contributed by atoms with Crippen LogP contribution in [-0.2, 0) is 6.42 Å². The van der Waals surface area contributed by atoms with Crippen molar-refractivity contribution in [2.75, 3.05) is 7.11 Å². The van der Waals surface area contributed by atoms with Gasteiger partial charge < -0.3 is 10.5 Å². The molecule has 0 fully saturated rings. The van der Waals surface area contributed by atoms with Gasteiger partial charge in [-0.05, 0) is 29.7 Å². The first-order valence-electron chi connectivity index (χ1n) is 6.27. The standard InChI is InChI=1S/C15H16N2OS/c1-18-12-6-11(8-17-9-12)15(16)14-7-10-4-2-3-5-13(10)19-14/h2-6,8-9,14-15H,7,16H2,1H3. The minimum Gasteiger partial charge on any atom is -0.495 e. The first kappa shape index (κ1) is 12.5. The highest BCUT2D eigenvalue weighted by molar-refractivity contribution is 8.00. The summed E-state index contributed by atoms with van der Waals surface area (Å²) in [7, 11) is 1.65. The maximum atomic E-state index is 6.39. The lowest BCUT2D eigenvalue weighted by Crippen LogP contribution is -2.23. The van der Waals surface area contributed by atoms with Crippen LogP contribution in [0.2, 0.25) is 0 Å². The van der Waals surface area contributed by atoms with E-state index in [2.05, 4.69) is 29.2 Å². The SMILES string of the molecule is COc1cncc(C(N)C2Cc3ccccc3S2)c1. The average Bonchev–Trinajstić information content (AvgIpc) is 2.90. The predicted octanol–water partition coefficient (Wildman–Crippen LogP) is 2.81. The molecule has 1 aliphatic rings. The lowest BCUT2D eigenvalue weighted by atomic mass is 10.0. The minimum atomic E-state index is -0.0278. The Morgan fingerprint density at radius 3 is 3.00 bits per heavy atom. The smallest absolute Gasteiger partial charge is 0.137 e. The van der Waals surface area contributed by atoms with E-state index >= 15 is 0 Å². The van der Waals surface area contributed by atoms with Gasteiger partial charge in [-0.25, -0.2) is 0 Å². The fourth-order valence-corrected chi connectivity index (χ4v) is 3.71. The molecule has 3 rings (SSSR count). The van der Waals surface area contributed by atoms with Gasteiger partial charge in [-0.1, -0.05) is 18.2 Å². The number of thioether (sulfide) groups is 1. The summed E-state index contributed by atoms with van der Waals surface area (Å²) in [5.74, 6) is 0.758. The molecular weight excluding hydrogens is 256 g/mol. The molecule has 0 bridgehead atoms. The highest BCUT2D eigenvalue weighted by atomic mass is 32.2. The molecular formula is C15H16N2OS. The molecule has 0 spiro atoms. The second kappa shape index (κ2) is 5.23. The van der Waals surface area contributed by atoms with Crippen LogP contribution in [0, 0.1) is 0 Å². The Kier molecular flexibility index (Phi) is 3.44. The predicted molar refractivity (Wildman–Crippen MR) is 77.5 cm³/mol. The molecule has 2 heterocycles.